The van der Waals surface area contributed by atoms with Gasteiger partial charge in [-0.05, 0) is 13.0 Å². The van der Waals surface area contributed by atoms with Crippen LogP contribution in [0.1, 0.15) is 13.8 Å². The van der Waals surface area contributed by atoms with Crippen molar-refractivity contribution in [3.8, 4) is 0 Å². The molecular weight excluding hydrogens is 212 g/mol. The summed E-state index contributed by atoms with van der Waals surface area (Å²) in [6.07, 6.45) is -2.48. The number of ether oxygens (including phenoxy) is 2. The van der Waals surface area contributed by atoms with Crippen molar-refractivity contribution in [2.24, 2.45) is 5.92 Å². The summed E-state index contributed by atoms with van der Waals surface area (Å²) in [7, 11) is 3.16. The maximum Gasteiger partial charge on any atom is 0.217 e. The Balaban J connectivity index is 2.46. The SMILES string of the molecule is CO[C@@H](O)[C@@H](O[C@@H](O)N(C)C1CN1)C(C)C. The molecule has 1 rings (SSSR count). The van der Waals surface area contributed by atoms with Crippen molar-refractivity contribution in [1.82, 2.24) is 10.2 Å². The Morgan fingerprint density at radius 3 is 2.31 bits per heavy atom. The average molecular weight is 234 g/mol. The number of rotatable bonds is 7. The number of aliphatic hydroxyl groups excluding tert-OH is 2. The Bertz CT molecular complexity index is 211. The Morgan fingerprint density at radius 1 is 1.38 bits per heavy atom. The third-order valence-corrected chi connectivity index (χ3v) is 2.69. The van der Waals surface area contributed by atoms with Crippen LogP contribution in [0.15, 0.2) is 0 Å². The van der Waals surface area contributed by atoms with Crippen molar-refractivity contribution >= 4 is 0 Å². The molecule has 4 atom stereocenters. The van der Waals surface area contributed by atoms with Gasteiger partial charge in [-0.2, -0.15) is 0 Å². The van der Waals surface area contributed by atoms with Crippen LogP contribution >= 0.6 is 0 Å². The monoisotopic (exact) mass is 234 g/mol. The molecule has 0 aliphatic carbocycles. The zero-order chi connectivity index (χ0) is 12.3. The lowest BCUT2D eigenvalue weighted by atomic mass is 10.1. The van der Waals surface area contributed by atoms with E-state index in [0.29, 0.717) is 0 Å². The maximum atomic E-state index is 9.79. The zero-order valence-electron chi connectivity index (χ0n) is 10.3. The Kier molecular flexibility index (Phi) is 5.10. The van der Waals surface area contributed by atoms with Gasteiger partial charge in [0.2, 0.25) is 6.41 Å². The Labute approximate surface area is 96.1 Å². The first-order valence-electron chi connectivity index (χ1n) is 5.47. The molecule has 1 heterocycles. The fraction of sp³-hybridized carbons (Fsp3) is 1.00. The van der Waals surface area contributed by atoms with Crippen LogP contribution in [0.3, 0.4) is 0 Å². The Morgan fingerprint density at radius 2 is 1.94 bits per heavy atom. The second kappa shape index (κ2) is 5.90. The van der Waals surface area contributed by atoms with E-state index >= 15 is 0 Å². The van der Waals surface area contributed by atoms with E-state index in [9.17, 15) is 10.2 Å². The van der Waals surface area contributed by atoms with Gasteiger partial charge in [0, 0.05) is 13.7 Å². The molecule has 3 N–H and O–H groups in total. The van der Waals surface area contributed by atoms with Gasteiger partial charge in [0.25, 0.3) is 0 Å². The van der Waals surface area contributed by atoms with Crippen molar-refractivity contribution in [3.05, 3.63) is 0 Å². The number of nitrogens with zero attached hydrogens (tertiary/aromatic N) is 1. The lowest BCUT2D eigenvalue weighted by Gasteiger charge is -2.31. The van der Waals surface area contributed by atoms with Crippen LogP contribution in [0.2, 0.25) is 0 Å². The minimum Gasteiger partial charge on any atom is -0.366 e. The average Bonchev–Trinajstić information content (AvgIpc) is 3.06. The summed E-state index contributed by atoms with van der Waals surface area (Å²) in [5, 5.41) is 22.4. The predicted octanol–water partition coefficient (Wildman–Crippen LogP) is -0.871. The molecule has 16 heavy (non-hydrogen) atoms. The van der Waals surface area contributed by atoms with E-state index < -0.39 is 18.8 Å². The molecule has 0 aromatic heterocycles. The number of hydrogen-bond donors (Lipinski definition) is 3. The molecule has 1 unspecified atom stereocenters. The first-order chi connectivity index (χ1) is 7.47. The van der Waals surface area contributed by atoms with Crippen LogP contribution in [-0.2, 0) is 9.47 Å². The third-order valence-electron chi connectivity index (χ3n) is 2.69. The molecule has 0 amide bonds. The van der Waals surface area contributed by atoms with Crippen LogP contribution in [0.4, 0.5) is 0 Å². The predicted molar refractivity (Wildman–Crippen MR) is 58.3 cm³/mol. The van der Waals surface area contributed by atoms with Crippen molar-refractivity contribution in [2.75, 3.05) is 20.7 Å². The number of nitrogens with one attached hydrogen (secondary N) is 1. The van der Waals surface area contributed by atoms with E-state index in [2.05, 4.69) is 5.32 Å². The smallest absolute Gasteiger partial charge is 0.217 e. The van der Waals surface area contributed by atoms with Crippen molar-refractivity contribution in [3.63, 3.8) is 0 Å². The van der Waals surface area contributed by atoms with Crippen molar-refractivity contribution in [1.29, 1.82) is 0 Å². The van der Waals surface area contributed by atoms with Crippen molar-refractivity contribution < 1.29 is 19.7 Å². The van der Waals surface area contributed by atoms with Crippen LogP contribution in [0.25, 0.3) is 0 Å². The molecule has 1 aliphatic rings. The molecule has 6 heteroatoms. The molecule has 1 aliphatic heterocycles. The first kappa shape index (κ1) is 13.8. The first-order valence-corrected chi connectivity index (χ1v) is 5.47. The second-order valence-corrected chi connectivity index (χ2v) is 4.39. The standard InChI is InChI=1S/C10H22N2O4/c1-6(2)8(9(13)15-4)16-10(14)12(3)7-5-11-7/h6-11,13-14H,5H2,1-4H3/t7?,8-,9+,10+/m0/s1. The van der Waals surface area contributed by atoms with Crippen molar-refractivity contribution in [2.45, 2.75) is 38.8 Å². The molecule has 1 saturated heterocycles. The molecule has 96 valence electrons. The topological polar surface area (TPSA) is 84.1 Å². The molecule has 0 aromatic carbocycles. The zero-order valence-corrected chi connectivity index (χ0v) is 10.3. The molecule has 1 fully saturated rings. The van der Waals surface area contributed by atoms with Gasteiger partial charge in [0.15, 0.2) is 6.29 Å². The molecule has 0 saturated carbocycles. The molecule has 0 radical (unpaired) electrons. The highest BCUT2D eigenvalue weighted by atomic mass is 16.7. The third kappa shape index (κ3) is 3.65. The number of aliphatic hydroxyl groups is 2. The summed E-state index contributed by atoms with van der Waals surface area (Å²) in [6, 6.07) is 0. The summed E-state index contributed by atoms with van der Waals surface area (Å²) in [5.74, 6) is 0.0464. The minimum atomic E-state index is -1.04. The summed E-state index contributed by atoms with van der Waals surface area (Å²) < 4.78 is 10.2. The molecular formula is C10H22N2O4. The van der Waals surface area contributed by atoms with E-state index in [1.54, 1.807) is 11.9 Å². The van der Waals surface area contributed by atoms with Gasteiger partial charge in [-0.3, -0.25) is 5.32 Å². The lowest BCUT2D eigenvalue weighted by Crippen LogP contribution is -2.45. The molecule has 0 bridgehead atoms. The minimum absolute atomic E-state index is 0.0464. The fourth-order valence-corrected chi connectivity index (χ4v) is 1.42. The summed E-state index contributed by atoms with van der Waals surface area (Å²) >= 11 is 0. The quantitative estimate of drug-likeness (QED) is 0.392. The summed E-state index contributed by atoms with van der Waals surface area (Å²) in [6.45, 7) is 4.64. The van der Waals surface area contributed by atoms with E-state index in [1.165, 1.54) is 7.11 Å². The maximum absolute atomic E-state index is 9.79. The van der Waals surface area contributed by atoms with Gasteiger partial charge in [-0.1, -0.05) is 13.8 Å². The summed E-state index contributed by atoms with van der Waals surface area (Å²) in [4.78, 5) is 1.66. The van der Waals surface area contributed by atoms with E-state index in [1.807, 2.05) is 13.8 Å². The number of likely N-dealkylation sites (N-methyl/N-ethyl adjacent to an activating group) is 1. The van der Waals surface area contributed by atoms with Gasteiger partial charge >= 0.3 is 0 Å². The molecule has 6 nitrogen and oxygen atoms in total. The van der Waals surface area contributed by atoms with E-state index in [4.69, 9.17) is 9.47 Å². The Hall–Kier alpha value is -0.240. The van der Waals surface area contributed by atoms with Crippen LogP contribution in [0, 0.1) is 5.92 Å². The highest BCUT2D eigenvalue weighted by Gasteiger charge is 2.33. The molecule has 0 aromatic rings. The van der Waals surface area contributed by atoms with Crippen LogP contribution in [-0.4, -0.2) is 60.8 Å². The fourth-order valence-electron chi connectivity index (χ4n) is 1.42. The highest BCUT2D eigenvalue weighted by Crippen LogP contribution is 2.16. The van der Waals surface area contributed by atoms with Crippen LogP contribution in [0.5, 0.6) is 0 Å². The van der Waals surface area contributed by atoms with Gasteiger partial charge < -0.3 is 19.7 Å². The normalized spacial score (nSPS) is 25.9. The largest absolute Gasteiger partial charge is 0.366 e. The van der Waals surface area contributed by atoms with Gasteiger partial charge in [-0.25, -0.2) is 4.90 Å². The molecule has 0 spiro atoms. The highest BCUT2D eigenvalue weighted by molar-refractivity contribution is 4.81. The van der Waals surface area contributed by atoms with Crippen LogP contribution < -0.4 is 5.32 Å². The number of hydrogen-bond acceptors (Lipinski definition) is 6. The van der Waals surface area contributed by atoms with Gasteiger partial charge in [0.1, 0.15) is 6.10 Å². The van der Waals surface area contributed by atoms with E-state index in [-0.39, 0.29) is 12.1 Å². The van der Waals surface area contributed by atoms with Gasteiger partial charge in [-0.15, -0.1) is 0 Å². The summed E-state index contributed by atoms with van der Waals surface area (Å²) in [5.41, 5.74) is 0. The second-order valence-electron chi connectivity index (χ2n) is 4.39. The number of methoxy groups -OCH3 is 1. The van der Waals surface area contributed by atoms with E-state index in [0.717, 1.165) is 6.54 Å². The van der Waals surface area contributed by atoms with Gasteiger partial charge in [0.05, 0.1) is 6.17 Å². The lowest BCUT2D eigenvalue weighted by molar-refractivity contribution is -0.271.